The molecule has 0 amide bonds. The fourth-order valence-electron chi connectivity index (χ4n) is 6.38. The third-order valence-corrected chi connectivity index (χ3v) is 7.95. The quantitative estimate of drug-likeness (QED) is 0.753. The molecular weight excluding hydrogens is 348 g/mol. The van der Waals surface area contributed by atoms with Crippen molar-refractivity contribution < 1.29 is 14.6 Å². The Balaban J connectivity index is 1.54. The summed E-state index contributed by atoms with van der Waals surface area (Å²) in [4.78, 5) is 12.5. The van der Waals surface area contributed by atoms with Crippen molar-refractivity contribution in [3.8, 4) is 22.6 Å². The van der Waals surface area contributed by atoms with Gasteiger partial charge in [0.25, 0.3) is 0 Å². The number of ether oxygens (including phenoxy) is 1. The Morgan fingerprint density at radius 3 is 2.61 bits per heavy atom. The lowest BCUT2D eigenvalue weighted by Gasteiger charge is -2.48. The monoisotopic (exact) mass is 376 g/mol. The van der Waals surface area contributed by atoms with Crippen molar-refractivity contribution in [2.45, 2.75) is 51.4 Å². The molecule has 1 N–H and O–H groups in total. The number of phenols is 1. The number of benzene rings is 2. The fourth-order valence-corrected chi connectivity index (χ4v) is 6.38. The highest BCUT2D eigenvalue weighted by Crippen LogP contribution is 2.60. The van der Waals surface area contributed by atoms with E-state index < -0.39 is 0 Å². The number of carbonyl (C=O) groups excluding carboxylic acids is 1. The van der Waals surface area contributed by atoms with E-state index >= 15 is 0 Å². The number of carbonyl (C=O) groups is 1. The van der Waals surface area contributed by atoms with E-state index in [9.17, 15) is 9.90 Å². The number of ketones is 1. The molecule has 2 fully saturated rings. The second-order valence-corrected chi connectivity index (χ2v) is 9.13. The predicted molar refractivity (Wildman–Crippen MR) is 110 cm³/mol. The van der Waals surface area contributed by atoms with Gasteiger partial charge >= 0.3 is 0 Å². The minimum atomic E-state index is -0.0889. The van der Waals surface area contributed by atoms with Gasteiger partial charge in [-0.1, -0.05) is 19.1 Å². The van der Waals surface area contributed by atoms with Crippen LogP contribution in [0.4, 0.5) is 0 Å². The molecule has 4 atom stereocenters. The van der Waals surface area contributed by atoms with Gasteiger partial charge < -0.3 is 9.84 Å². The summed E-state index contributed by atoms with van der Waals surface area (Å²) >= 11 is 0. The van der Waals surface area contributed by atoms with Gasteiger partial charge in [0.05, 0.1) is 7.11 Å². The summed E-state index contributed by atoms with van der Waals surface area (Å²) in [5, 5.41) is 10.7. The summed E-state index contributed by atoms with van der Waals surface area (Å²) in [6, 6.07) is 12.1. The Bertz CT molecular complexity index is 930. The Kier molecular flexibility index (Phi) is 4.04. The van der Waals surface area contributed by atoms with Crippen LogP contribution >= 0.6 is 0 Å². The number of Topliss-reactive ketones (excluding diaryl/α,β-unsaturated/α-hetero) is 1. The molecule has 0 bridgehead atoms. The molecular formula is C25H28O3. The molecule has 2 aromatic rings. The molecule has 2 saturated carbocycles. The van der Waals surface area contributed by atoms with Crippen LogP contribution in [0.2, 0.25) is 0 Å². The van der Waals surface area contributed by atoms with E-state index in [4.69, 9.17) is 4.74 Å². The first-order chi connectivity index (χ1) is 13.5. The molecule has 3 nitrogen and oxygen atoms in total. The molecule has 146 valence electrons. The lowest BCUT2D eigenvalue weighted by atomic mass is 9.55. The summed E-state index contributed by atoms with van der Waals surface area (Å²) < 4.78 is 5.26. The van der Waals surface area contributed by atoms with Gasteiger partial charge in [-0.05, 0) is 90.8 Å². The highest BCUT2D eigenvalue weighted by molar-refractivity contribution is 5.87. The smallest absolute Gasteiger partial charge is 0.139 e. The van der Waals surface area contributed by atoms with Gasteiger partial charge in [0.15, 0.2) is 0 Å². The number of fused-ring (bicyclic) bond motifs is 5. The fraction of sp³-hybridized carbons (Fsp3) is 0.480. The predicted octanol–water partition coefficient (Wildman–Crippen LogP) is 5.49. The van der Waals surface area contributed by atoms with Crippen molar-refractivity contribution in [2.75, 3.05) is 7.11 Å². The largest absolute Gasteiger partial charge is 0.507 e. The van der Waals surface area contributed by atoms with Crippen LogP contribution in [0.5, 0.6) is 11.5 Å². The van der Waals surface area contributed by atoms with Crippen LogP contribution in [-0.4, -0.2) is 18.0 Å². The maximum absolute atomic E-state index is 12.5. The molecule has 3 heteroatoms. The van der Waals surface area contributed by atoms with E-state index in [1.54, 1.807) is 7.11 Å². The topological polar surface area (TPSA) is 46.5 Å². The first-order valence-corrected chi connectivity index (χ1v) is 10.5. The number of aryl methyl sites for hydroxylation is 1. The van der Waals surface area contributed by atoms with E-state index in [-0.39, 0.29) is 5.41 Å². The normalized spacial score (nSPS) is 31.1. The molecule has 2 aromatic carbocycles. The number of aromatic hydroxyl groups is 1. The minimum Gasteiger partial charge on any atom is -0.507 e. The van der Waals surface area contributed by atoms with Crippen LogP contribution in [0.3, 0.4) is 0 Å². The summed E-state index contributed by atoms with van der Waals surface area (Å²) in [7, 11) is 1.66. The van der Waals surface area contributed by atoms with Crippen molar-refractivity contribution in [3.05, 3.63) is 47.5 Å². The maximum atomic E-state index is 12.5. The number of hydrogen-bond donors (Lipinski definition) is 1. The molecule has 0 saturated heterocycles. The van der Waals surface area contributed by atoms with Crippen molar-refractivity contribution in [1.82, 2.24) is 0 Å². The van der Waals surface area contributed by atoms with Crippen LogP contribution in [0.15, 0.2) is 36.4 Å². The average molecular weight is 376 g/mol. The molecule has 28 heavy (non-hydrogen) atoms. The van der Waals surface area contributed by atoms with Gasteiger partial charge in [0.1, 0.15) is 17.3 Å². The molecule has 0 unspecified atom stereocenters. The zero-order valence-electron chi connectivity index (χ0n) is 16.7. The van der Waals surface area contributed by atoms with E-state index in [0.29, 0.717) is 29.3 Å². The molecule has 5 rings (SSSR count). The van der Waals surface area contributed by atoms with Gasteiger partial charge in [-0.15, -0.1) is 0 Å². The lowest BCUT2D eigenvalue weighted by molar-refractivity contribution is -0.129. The van der Waals surface area contributed by atoms with Crippen molar-refractivity contribution in [1.29, 1.82) is 0 Å². The number of phenolic OH excluding ortho intramolecular Hbond substituents is 1. The first-order valence-electron chi connectivity index (χ1n) is 10.5. The van der Waals surface area contributed by atoms with Gasteiger partial charge in [0, 0.05) is 17.4 Å². The average Bonchev–Trinajstić information content (AvgIpc) is 3.02. The molecule has 0 aromatic heterocycles. The highest BCUT2D eigenvalue weighted by Gasteiger charge is 2.54. The Morgan fingerprint density at radius 2 is 1.86 bits per heavy atom. The van der Waals surface area contributed by atoms with E-state index in [1.807, 2.05) is 30.3 Å². The van der Waals surface area contributed by atoms with E-state index in [0.717, 1.165) is 55.4 Å². The van der Waals surface area contributed by atoms with Crippen molar-refractivity contribution in [3.63, 3.8) is 0 Å². The van der Waals surface area contributed by atoms with Gasteiger partial charge in [-0.3, -0.25) is 4.79 Å². The van der Waals surface area contributed by atoms with Crippen LogP contribution < -0.4 is 4.74 Å². The SMILES string of the molecule is COc1ccc(-c2cc3c(cc2O)CC[C@@H]2[C@@H]3CC[C@]3(C)C(=O)CC[C@@H]23)cc1. The third kappa shape index (κ3) is 2.52. The summed E-state index contributed by atoms with van der Waals surface area (Å²) in [6.45, 7) is 2.22. The van der Waals surface area contributed by atoms with Crippen LogP contribution in [0.1, 0.15) is 56.1 Å². The number of methoxy groups -OCH3 is 1. The highest BCUT2D eigenvalue weighted by atomic mass is 16.5. The van der Waals surface area contributed by atoms with Crippen LogP contribution in [0.25, 0.3) is 11.1 Å². The first kappa shape index (κ1) is 17.8. The van der Waals surface area contributed by atoms with Crippen molar-refractivity contribution >= 4 is 5.78 Å². The molecule has 0 spiro atoms. The number of rotatable bonds is 2. The second-order valence-electron chi connectivity index (χ2n) is 9.13. The maximum Gasteiger partial charge on any atom is 0.139 e. The standard InChI is InChI=1S/C25H28O3/c1-25-12-11-18-19(22(25)9-10-24(25)27)8-5-16-13-23(26)21(14-20(16)18)15-3-6-17(28-2)7-4-15/h3-4,6-7,13-14,18-19,22,26H,5,8-12H2,1-2H3/t18-,19+,22-,25-/m0/s1. The third-order valence-electron chi connectivity index (χ3n) is 7.95. The van der Waals surface area contributed by atoms with Crippen LogP contribution in [0, 0.1) is 17.3 Å². The summed E-state index contributed by atoms with van der Waals surface area (Å²) in [5.74, 6) is 3.32. The second kappa shape index (κ2) is 6.37. The van der Waals surface area contributed by atoms with Crippen LogP contribution in [-0.2, 0) is 11.2 Å². The van der Waals surface area contributed by atoms with Crippen molar-refractivity contribution in [2.24, 2.45) is 17.3 Å². The molecule has 3 aliphatic carbocycles. The molecule has 0 radical (unpaired) electrons. The molecule has 0 aliphatic heterocycles. The van der Waals surface area contributed by atoms with Gasteiger partial charge in [-0.25, -0.2) is 0 Å². The van der Waals surface area contributed by atoms with Gasteiger partial charge in [-0.2, -0.15) is 0 Å². The molecule has 3 aliphatic rings. The zero-order chi connectivity index (χ0) is 19.5. The Morgan fingerprint density at radius 1 is 1.07 bits per heavy atom. The number of hydrogen-bond acceptors (Lipinski definition) is 3. The summed E-state index contributed by atoms with van der Waals surface area (Å²) in [6.07, 6.45) is 6.08. The lowest BCUT2D eigenvalue weighted by Crippen LogP contribution is -2.42. The summed E-state index contributed by atoms with van der Waals surface area (Å²) in [5.41, 5.74) is 4.53. The Labute approximate surface area is 166 Å². The van der Waals surface area contributed by atoms with E-state index in [2.05, 4.69) is 13.0 Å². The van der Waals surface area contributed by atoms with Gasteiger partial charge in [0.2, 0.25) is 0 Å². The zero-order valence-corrected chi connectivity index (χ0v) is 16.7. The minimum absolute atomic E-state index is 0.0889. The molecule has 0 heterocycles. The Hall–Kier alpha value is -2.29. The van der Waals surface area contributed by atoms with E-state index in [1.165, 1.54) is 11.1 Å².